The van der Waals surface area contributed by atoms with Crippen LogP contribution >= 0.6 is 11.3 Å². The van der Waals surface area contributed by atoms with Crippen molar-refractivity contribution in [2.45, 2.75) is 19.9 Å². The van der Waals surface area contributed by atoms with Crippen LogP contribution in [0.4, 0.5) is 5.00 Å². The summed E-state index contributed by atoms with van der Waals surface area (Å²) in [4.78, 5) is 15.1. The van der Waals surface area contributed by atoms with Gasteiger partial charge in [-0.1, -0.05) is 18.3 Å². The van der Waals surface area contributed by atoms with Gasteiger partial charge in [-0.25, -0.2) is 4.98 Å². The Morgan fingerprint density at radius 1 is 1.56 bits per heavy atom. The predicted molar refractivity (Wildman–Crippen MR) is 68.5 cm³/mol. The average molecular weight is 267 g/mol. The lowest BCUT2D eigenvalue weighted by atomic mass is 10.4. The Kier molecular flexibility index (Phi) is 4.06. The first-order valence-electron chi connectivity index (χ1n) is 5.60. The first-order valence-corrected chi connectivity index (χ1v) is 6.42. The number of hydrogen-bond donors (Lipinski definition) is 1. The van der Waals surface area contributed by atoms with E-state index in [-0.39, 0.29) is 5.00 Å². The van der Waals surface area contributed by atoms with Crippen molar-refractivity contribution in [3.63, 3.8) is 0 Å². The van der Waals surface area contributed by atoms with E-state index >= 15 is 0 Å². The zero-order chi connectivity index (χ0) is 13.0. The van der Waals surface area contributed by atoms with Gasteiger partial charge >= 0.3 is 5.00 Å². The molecule has 0 fully saturated rings. The van der Waals surface area contributed by atoms with Crippen molar-refractivity contribution in [1.82, 2.24) is 10.3 Å². The predicted octanol–water partition coefficient (Wildman–Crippen LogP) is 2.81. The molecular formula is C11H13N3O3S. The van der Waals surface area contributed by atoms with Crippen LogP contribution in [0, 0.1) is 10.1 Å². The van der Waals surface area contributed by atoms with E-state index in [2.05, 4.69) is 17.2 Å². The third kappa shape index (κ3) is 2.93. The lowest BCUT2D eigenvalue weighted by Gasteiger charge is -1.96. The molecule has 2 rings (SSSR count). The van der Waals surface area contributed by atoms with Crippen molar-refractivity contribution < 1.29 is 9.34 Å². The minimum Gasteiger partial charge on any atom is -0.444 e. The summed E-state index contributed by atoms with van der Waals surface area (Å²) < 4.78 is 5.31. The second-order valence-electron chi connectivity index (χ2n) is 3.72. The van der Waals surface area contributed by atoms with Gasteiger partial charge in [0, 0.05) is 12.6 Å². The summed E-state index contributed by atoms with van der Waals surface area (Å²) in [6, 6.07) is 3.11. The molecule has 1 N–H and O–H groups in total. The van der Waals surface area contributed by atoms with Gasteiger partial charge in [0.15, 0.2) is 0 Å². The Morgan fingerprint density at radius 3 is 3.06 bits per heavy atom. The Morgan fingerprint density at radius 2 is 2.39 bits per heavy atom. The number of aromatic nitrogens is 1. The Balaban J connectivity index is 2.06. The topological polar surface area (TPSA) is 81.2 Å². The second-order valence-corrected chi connectivity index (χ2v) is 4.78. The fourth-order valence-electron chi connectivity index (χ4n) is 1.44. The lowest BCUT2D eigenvalue weighted by molar-refractivity contribution is -0.380. The van der Waals surface area contributed by atoms with Crippen LogP contribution in [-0.4, -0.2) is 16.5 Å². The van der Waals surface area contributed by atoms with E-state index < -0.39 is 4.92 Å². The minimum atomic E-state index is -0.416. The van der Waals surface area contributed by atoms with Crippen molar-refractivity contribution in [3.8, 4) is 10.8 Å². The molecule has 18 heavy (non-hydrogen) atoms. The highest BCUT2D eigenvalue weighted by molar-refractivity contribution is 7.18. The fourth-order valence-corrected chi connectivity index (χ4v) is 2.19. The Hall–Kier alpha value is -1.73. The van der Waals surface area contributed by atoms with Gasteiger partial charge in [-0.3, -0.25) is 10.1 Å². The van der Waals surface area contributed by atoms with Crippen LogP contribution in [0.3, 0.4) is 0 Å². The zero-order valence-corrected chi connectivity index (χ0v) is 10.7. The molecule has 0 saturated carbocycles. The van der Waals surface area contributed by atoms with Crippen LogP contribution in [0.2, 0.25) is 0 Å². The number of nitrogens with one attached hydrogen (secondary N) is 1. The van der Waals surface area contributed by atoms with Crippen molar-refractivity contribution in [3.05, 3.63) is 34.2 Å². The quantitative estimate of drug-likeness (QED) is 0.494. The first-order chi connectivity index (χ1) is 8.70. The Labute approximate surface area is 108 Å². The molecule has 2 heterocycles. The normalized spacial score (nSPS) is 10.7. The molecule has 0 spiro atoms. The molecular weight excluding hydrogens is 254 g/mol. The summed E-state index contributed by atoms with van der Waals surface area (Å²) >= 11 is 1.06. The molecule has 0 radical (unpaired) electrons. The maximum absolute atomic E-state index is 10.6. The summed E-state index contributed by atoms with van der Waals surface area (Å²) in [6.07, 6.45) is 2.63. The summed E-state index contributed by atoms with van der Waals surface area (Å²) in [5.41, 5.74) is 0.800. The van der Waals surface area contributed by atoms with Gasteiger partial charge in [-0.15, -0.1) is 0 Å². The molecule has 0 aliphatic rings. The maximum atomic E-state index is 10.6. The third-order valence-corrected chi connectivity index (χ3v) is 3.29. The van der Waals surface area contributed by atoms with E-state index in [4.69, 9.17) is 4.42 Å². The zero-order valence-electron chi connectivity index (χ0n) is 9.88. The van der Waals surface area contributed by atoms with Crippen molar-refractivity contribution in [2.24, 2.45) is 0 Å². The number of oxazole rings is 1. The summed E-state index contributed by atoms with van der Waals surface area (Å²) in [6.45, 7) is 3.66. The lowest BCUT2D eigenvalue weighted by Crippen LogP contribution is -2.13. The Bertz CT molecular complexity index is 535. The van der Waals surface area contributed by atoms with Crippen LogP contribution in [0.1, 0.15) is 19.0 Å². The summed E-state index contributed by atoms with van der Waals surface area (Å²) in [5.74, 6) is 0.432. The number of nitro groups is 1. The average Bonchev–Trinajstić information content (AvgIpc) is 2.97. The highest BCUT2D eigenvalue weighted by atomic mass is 32.1. The van der Waals surface area contributed by atoms with Crippen LogP contribution in [-0.2, 0) is 6.54 Å². The third-order valence-electron chi connectivity index (χ3n) is 2.27. The van der Waals surface area contributed by atoms with Gasteiger partial charge in [0.1, 0.15) is 6.26 Å². The molecule has 0 aromatic carbocycles. The van der Waals surface area contributed by atoms with E-state index in [1.54, 1.807) is 12.3 Å². The van der Waals surface area contributed by atoms with Gasteiger partial charge in [-0.2, -0.15) is 0 Å². The molecule has 0 bridgehead atoms. The largest absolute Gasteiger partial charge is 0.444 e. The molecule has 7 heteroatoms. The summed E-state index contributed by atoms with van der Waals surface area (Å²) in [5, 5.41) is 13.9. The van der Waals surface area contributed by atoms with E-state index in [0.29, 0.717) is 17.3 Å². The van der Waals surface area contributed by atoms with Crippen LogP contribution in [0.5, 0.6) is 0 Å². The fraction of sp³-hybridized carbons (Fsp3) is 0.364. The van der Waals surface area contributed by atoms with Crippen LogP contribution in [0.25, 0.3) is 10.8 Å². The standard InChI is InChI=1S/C11H13N3O3S/c1-2-5-12-6-8-7-17-11(13-8)9-3-4-10(18-9)14(15)16/h3-4,7,12H,2,5-6H2,1H3. The maximum Gasteiger partial charge on any atom is 0.324 e. The van der Waals surface area contributed by atoms with Crippen LogP contribution in [0.15, 0.2) is 22.8 Å². The van der Waals surface area contributed by atoms with Gasteiger partial charge in [0.25, 0.3) is 0 Å². The van der Waals surface area contributed by atoms with E-state index in [9.17, 15) is 10.1 Å². The smallest absolute Gasteiger partial charge is 0.324 e. The first kappa shape index (κ1) is 12.7. The van der Waals surface area contributed by atoms with Crippen molar-refractivity contribution >= 4 is 16.3 Å². The molecule has 2 aromatic rings. The van der Waals surface area contributed by atoms with Gasteiger partial charge in [-0.05, 0) is 19.0 Å². The van der Waals surface area contributed by atoms with E-state index in [0.717, 1.165) is 30.0 Å². The minimum absolute atomic E-state index is 0.0915. The van der Waals surface area contributed by atoms with Crippen molar-refractivity contribution in [1.29, 1.82) is 0 Å². The van der Waals surface area contributed by atoms with E-state index in [1.807, 2.05) is 0 Å². The van der Waals surface area contributed by atoms with Gasteiger partial charge in [0.05, 0.1) is 15.5 Å². The highest BCUT2D eigenvalue weighted by Crippen LogP contribution is 2.31. The second kappa shape index (κ2) is 5.74. The molecule has 0 aliphatic carbocycles. The van der Waals surface area contributed by atoms with Gasteiger partial charge < -0.3 is 9.73 Å². The molecule has 0 saturated heterocycles. The molecule has 0 amide bonds. The highest BCUT2D eigenvalue weighted by Gasteiger charge is 2.14. The molecule has 6 nitrogen and oxygen atoms in total. The SMILES string of the molecule is CCCNCc1coc(-c2ccc([N+](=O)[O-])s2)n1. The van der Waals surface area contributed by atoms with Gasteiger partial charge in [0.2, 0.25) is 5.89 Å². The molecule has 96 valence electrons. The van der Waals surface area contributed by atoms with Crippen molar-refractivity contribution in [2.75, 3.05) is 6.54 Å². The molecule has 2 aromatic heterocycles. The number of rotatable bonds is 6. The number of nitrogens with zero attached hydrogens (tertiary/aromatic N) is 2. The summed E-state index contributed by atoms with van der Waals surface area (Å²) in [7, 11) is 0. The number of thiophene rings is 1. The number of hydrogen-bond acceptors (Lipinski definition) is 6. The monoisotopic (exact) mass is 267 g/mol. The molecule has 0 atom stereocenters. The van der Waals surface area contributed by atoms with Crippen LogP contribution < -0.4 is 5.32 Å². The molecule has 0 aliphatic heterocycles. The van der Waals surface area contributed by atoms with E-state index in [1.165, 1.54) is 6.07 Å². The molecule has 0 unspecified atom stereocenters.